The van der Waals surface area contributed by atoms with Gasteiger partial charge in [-0.1, -0.05) is 30.3 Å². The normalized spacial score (nSPS) is 18.2. The fourth-order valence-corrected chi connectivity index (χ4v) is 3.61. The number of carbonyl (C=O) groups is 2. The number of carbonyl (C=O) groups excluding carboxylic acids is 2. The molecule has 0 radical (unpaired) electrons. The molecular formula is C21H21FN6O3. The number of likely N-dealkylation sites (tertiary alicyclic amines) is 1. The van der Waals surface area contributed by atoms with E-state index in [1.54, 1.807) is 4.90 Å². The van der Waals surface area contributed by atoms with E-state index < -0.39 is 11.9 Å². The predicted molar refractivity (Wildman–Crippen MR) is 108 cm³/mol. The lowest BCUT2D eigenvalue weighted by Crippen LogP contribution is -2.40. The van der Waals surface area contributed by atoms with Gasteiger partial charge in [0.05, 0.1) is 12.2 Å². The highest BCUT2D eigenvalue weighted by Crippen LogP contribution is 2.32. The van der Waals surface area contributed by atoms with Gasteiger partial charge in [-0.15, -0.1) is 0 Å². The summed E-state index contributed by atoms with van der Waals surface area (Å²) in [5, 5.41) is 10.1. The molecule has 0 unspecified atom stereocenters. The van der Waals surface area contributed by atoms with Crippen molar-refractivity contribution in [3.05, 3.63) is 66.0 Å². The lowest BCUT2D eigenvalue weighted by atomic mass is 10.1. The molecule has 1 aliphatic heterocycles. The van der Waals surface area contributed by atoms with Crippen LogP contribution in [0.5, 0.6) is 0 Å². The molecule has 10 heteroatoms. The van der Waals surface area contributed by atoms with Crippen LogP contribution in [-0.4, -0.2) is 63.2 Å². The number of halogens is 1. The molecule has 0 bridgehead atoms. The lowest BCUT2D eigenvalue weighted by Gasteiger charge is -2.22. The fourth-order valence-electron chi connectivity index (χ4n) is 3.61. The van der Waals surface area contributed by atoms with Crippen molar-refractivity contribution in [3.8, 4) is 11.4 Å². The molecule has 0 spiro atoms. The van der Waals surface area contributed by atoms with Crippen LogP contribution >= 0.6 is 0 Å². The van der Waals surface area contributed by atoms with Gasteiger partial charge in [0.2, 0.25) is 5.91 Å². The zero-order valence-corrected chi connectivity index (χ0v) is 16.8. The van der Waals surface area contributed by atoms with Gasteiger partial charge in [-0.2, -0.15) is 5.10 Å². The minimum Gasteiger partial charge on any atom is -0.375 e. The molecule has 4 rings (SSSR count). The molecule has 1 fully saturated rings. The maximum atomic E-state index is 13.2. The first-order chi connectivity index (χ1) is 15.0. The minimum atomic E-state index is -0.526. The Balaban J connectivity index is 1.60. The maximum Gasteiger partial charge on any atom is 0.273 e. The van der Waals surface area contributed by atoms with E-state index in [9.17, 15) is 14.0 Å². The molecule has 2 N–H and O–H groups in total. The van der Waals surface area contributed by atoms with Gasteiger partial charge < -0.3 is 15.0 Å². The summed E-state index contributed by atoms with van der Waals surface area (Å²) in [5.41, 5.74) is 0.948. The maximum absolute atomic E-state index is 13.2. The Morgan fingerprint density at radius 1 is 1.26 bits per heavy atom. The number of amides is 2. The quantitative estimate of drug-likeness (QED) is 0.623. The third kappa shape index (κ3) is 4.58. The Labute approximate surface area is 177 Å². The molecule has 160 valence electrons. The number of benzene rings is 1. The molecule has 2 aromatic heterocycles. The summed E-state index contributed by atoms with van der Waals surface area (Å²) in [6, 6.07) is 11.2. The molecule has 3 aromatic rings. The number of aromatic nitrogens is 4. The van der Waals surface area contributed by atoms with E-state index in [1.807, 2.05) is 30.3 Å². The van der Waals surface area contributed by atoms with E-state index in [0.29, 0.717) is 18.1 Å². The van der Waals surface area contributed by atoms with E-state index in [2.05, 4.69) is 25.5 Å². The molecule has 2 amide bonds. The summed E-state index contributed by atoms with van der Waals surface area (Å²) in [4.78, 5) is 35.1. The van der Waals surface area contributed by atoms with Gasteiger partial charge in [0, 0.05) is 25.3 Å². The first-order valence-corrected chi connectivity index (χ1v) is 9.73. The van der Waals surface area contributed by atoms with Crippen molar-refractivity contribution in [2.75, 3.05) is 20.3 Å². The van der Waals surface area contributed by atoms with Crippen LogP contribution in [0.3, 0.4) is 0 Å². The first-order valence-electron chi connectivity index (χ1n) is 9.73. The van der Waals surface area contributed by atoms with E-state index >= 15 is 0 Å². The molecule has 1 saturated heterocycles. The van der Waals surface area contributed by atoms with Gasteiger partial charge in [0.25, 0.3) is 5.91 Å². The third-order valence-electron chi connectivity index (χ3n) is 5.00. The summed E-state index contributed by atoms with van der Waals surface area (Å²) < 4.78 is 18.1. The first kappa shape index (κ1) is 20.6. The Morgan fingerprint density at radius 2 is 2.06 bits per heavy atom. The SMILES string of the molecule is COCC(=O)N[C@H]1C[C@@H](c2nc(-c3ccccc3)n[nH]2)N(C(=O)c2ccc(F)cn2)C1. The minimum absolute atomic E-state index is 0.0743. The van der Waals surface area contributed by atoms with Crippen LogP contribution in [0.4, 0.5) is 4.39 Å². The highest BCUT2D eigenvalue weighted by molar-refractivity contribution is 5.93. The van der Waals surface area contributed by atoms with E-state index in [4.69, 9.17) is 4.74 Å². The number of hydrogen-bond acceptors (Lipinski definition) is 6. The van der Waals surface area contributed by atoms with E-state index in [-0.39, 0.29) is 36.7 Å². The molecule has 2 atom stereocenters. The Bertz CT molecular complexity index is 1060. The van der Waals surface area contributed by atoms with E-state index in [1.165, 1.54) is 19.2 Å². The van der Waals surface area contributed by atoms with Gasteiger partial charge >= 0.3 is 0 Å². The Morgan fingerprint density at radius 3 is 2.77 bits per heavy atom. The average Bonchev–Trinajstić information content (AvgIpc) is 3.42. The van der Waals surface area contributed by atoms with Crippen molar-refractivity contribution < 1.29 is 18.7 Å². The van der Waals surface area contributed by atoms with Crippen molar-refractivity contribution in [2.24, 2.45) is 0 Å². The van der Waals surface area contributed by atoms with Gasteiger partial charge in [-0.25, -0.2) is 14.4 Å². The van der Waals surface area contributed by atoms with Crippen molar-refractivity contribution in [3.63, 3.8) is 0 Å². The molecule has 0 saturated carbocycles. The Hall–Kier alpha value is -3.66. The number of nitrogens with zero attached hydrogens (tertiary/aromatic N) is 4. The molecule has 1 aromatic carbocycles. The molecular weight excluding hydrogens is 403 g/mol. The number of pyridine rings is 1. The van der Waals surface area contributed by atoms with Crippen LogP contribution in [0.25, 0.3) is 11.4 Å². The molecule has 9 nitrogen and oxygen atoms in total. The average molecular weight is 424 g/mol. The van der Waals surface area contributed by atoms with Gasteiger partial charge in [-0.3, -0.25) is 14.7 Å². The second-order valence-corrected chi connectivity index (χ2v) is 7.18. The van der Waals surface area contributed by atoms with Crippen LogP contribution < -0.4 is 5.32 Å². The molecule has 1 aliphatic rings. The molecule has 3 heterocycles. The van der Waals surface area contributed by atoms with Crippen molar-refractivity contribution in [2.45, 2.75) is 18.5 Å². The Kier molecular flexibility index (Phi) is 5.99. The zero-order chi connectivity index (χ0) is 21.8. The molecule has 31 heavy (non-hydrogen) atoms. The second-order valence-electron chi connectivity index (χ2n) is 7.18. The number of hydrogen-bond donors (Lipinski definition) is 2. The van der Waals surface area contributed by atoms with Crippen LogP contribution in [0, 0.1) is 5.82 Å². The number of ether oxygens (including phenoxy) is 1. The number of aromatic amines is 1. The van der Waals surface area contributed by atoms with Crippen LogP contribution in [0.15, 0.2) is 48.7 Å². The lowest BCUT2D eigenvalue weighted by molar-refractivity contribution is -0.125. The van der Waals surface area contributed by atoms with Gasteiger partial charge in [0.15, 0.2) is 5.82 Å². The number of H-pyrrole nitrogens is 1. The highest BCUT2D eigenvalue weighted by Gasteiger charge is 2.39. The summed E-state index contributed by atoms with van der Waals surface area (Å²) in [6.07, 6.45) is 1.43. The summed E-state index contributed by atoms with van der Waals surface area (Å²) >= 11 is 0. The smallest absolute Gasteiger partial charge is 0.273 e. The largest absolute Gasteiger partial charge is 0.375 e. The highest BCUT2D eigenvalue weighted by atomic mass is 19.1. The summed E-state index contributed by atoms with van der Waals surface area (Å²) in [7, 11) is 1.44. The predicted octanol–water partition coefficient (Wildman–Crippen LogP) is 1.72. The topological polar surface area (TPSA) is 113 Å². The standard InChI is InChI=1S/C21H21FN6O3/c1-31-12-18(29)24-15-9-17(20-25-19(26-27-20)13-5-3-2-4-6-13)28(11-15)21(30)16-8-7-14(22)10-23-16/h2-8,10,15,17H,9,11-12H2,1H3,(H,24,29)(H,25,26,27)/t15-,17-/m0/s1. The van der Waals surface area contributed by atoms with Crippen LogP contribution in [0.2, 0.25) is 0 Å². The number of rotatable bonds is 6. The van der Waals surface area contributed by atoms with Crippen LogP contribution in [0.1, 0.15) is 28.8 Å². The van der Waals surface area contributed by atoms with Crippen molar-refractivity contribution in [1.29, 1.82) is 0 Å². The van der Waals surface area contributed by atoms with Gasteiger partial charge in [-0.05, 0) is 18.6 Å². The number of nitrogens with one attached hydrogen (secondary N) is 2. The number of methoxy groups -OCH3 is 1. The van der Waals surface area contributed by atoms with Gasteiger partial charge in [0.1, 0.15) is 23.9 Å². The fraction of sp³-hybridized carbons (Fsp3) is 0.286. The molecule has 0 aliphatic carbocycles. The zero-order valence-electron chi connectivity index (χ0n) is 16.8. The second kappa shape index (κ2) is 9.00. The summed E-state index contributed by atoms with van der Waals surface area (Å²) in [6.45, 7) is 0.175. The van der Waals surface area contributed by atoms with Crippen molar-refractivity contribution in [1.82, 2.24) is 30.4 Å². The monoisotopic (exact) mass is 424 g/mol. The van der Waals surface area contributed by atoms with E-state index in [0.717, 1.165) is 11.8 Å². The van der Waals surface area contributed by atoms with Crippen molar-refractivity contribution >= 4 is 11.8 Å². The van der Waals surface area contributed by atoms with Crippen LogP contribution in [-0.2, 0) is 9.53 Å². The third-order valence-corrected chi connectivity index (χ3v) is 5.00. The summed E-state index contributed by atoms with van der Waals surface area (Å²) in [5.74, 6) is -0.177.